The molecule has 2 amide bonds. The second-order valence-electron chi connectivity index (χ2n) is 6.75. The lowest BCUT2D eigenvalue weighted by atomic mass is 10.0. The van der Waals surface area contributed by atoms with Gasteiger partial charge in [0.15, 0.2) is 6.20 Å². The van der Waals surface area contributed by atoms with Crippen molar-refractivity contribution in [1.29, 1.82) is 0 Å². The Bertz CT molecular complexity index is 1060. The SMILES string of the molecule is Cc1cccc(N2C(=O)C[n+]3ccccc3C2C(=O)Nc2ccc(Cl)cc2)c1.[I-]. The van der Waals surface area contributed by atoms with E-state index >= 15 is 0 Å². The van der Waals surface area contributed by atoms with E-state index in [4.69, 9.17) is 11.6 Å². The Morgan fingerprint density at radius 3 is 2.59 bits per heavy atom. The van der Waals surface area contributed by atoms with Gasteiger partial charge in [-0.1, -0.05) is 29.8 Å². The first-order chi connectivity index (χ1) is 13.5. The number of hydrogen-bond acceptors (Lipinski definition) is 2. The van der Waals surface area contributed by atoms with Crippen LogP contribution in [0.1, 0.15) is 17.3 Å². The van der Waals surface area contributed by atoms with Gasteiger partial charge in [-0.05, 0) is 48.9 Å². The molecule has 3 aromatic rings. The number of anilines is 2. The van der Waals surface area contributed by atoms with Crippen molar-refractivity contribution in [2.45, 2.75) is 19.5 Å². The predicted molar refractivity (Wildman–Crippen MR) is 108 cm³/mol. The number of fused-ring (bicyclic) bond motifs is 1. The van der Waals surface area contributed by atoms with Gasteiger partial charge in [-0.2, -0.15) is 4.57 Å². The lowest BCUT2D eigenvalue weighted by Crippen LogP contribution is -3.00. The van der Waals surface area contributed by atoms with Crippen LogP contribution in [-0.4, -0.2) is 11.8 Å². The van der Waals surface area contributed by atoms with E-state index in [0.29, 0.717) is 16.4 Å². The molecule has 0 radical (unpaired) electrons. The van der Waals surface area contributed by atoms with Crippen molar-refractivity contribution in [3.05, 3.63) is 89.2 Å². The summed E-state index contributed by atoms with van der Waals surface area (Å²) in [5, 5.41) is 3.50. The summed E-state index contributed by atoms with van der Waals surface area (Å²) in [7, 11) is 0. The van der Waals surface area contributed by atoms with E-state index in [9.17, 15) is 9.59 Å². The molecule has 1 aromatic heterocycles. The number of nitrogens with zero attached hydrogens (tertiary/aromatic N) is 2. The van der Waals surface area contributed by atoms with Gasteiger partial charge in [0, 0.05) is 28.5 Å². The number of aryl methyl sites for hydroxylation is 1. The molecule has 4 rings (SSSR count). The molecule has 29 heavy (non-hydrogen) atoms. The molecule has 2 heterocycles. The van der Waals surface area contributed by atoms with Crippen LogP contribution in [0.2, 0.25) is 5.02 Å². The number of hydrogen-bond donors (Lipinski definition) is 1. The van der Waals surface area contributed by atoms with Gasteiger partial charge in [-0.15, -0.1) is 0 Å². The van der Waals surface area contributed by atoms with E-state index in [1.54, 1.807) is 29.2 Å². The third kappa shape index (κ3) is 4.43. The quantitative estimate of drug-likeness (QED) is 0.409. The Labute approximate surface area is 191 Å². The summed E-state index contributed by atoms with van der Waals surface area (Å²) in [4.78, 5) is 27.8. The zero-order valence-electron chi connectivity index (χ0n) is 15.7. The van der Waals surface area contributed by atoms with Crippen molar-refractivity contribution in [3.8, 4) is 0 Å². The van der Waals surface area contributed by atoms with Gasteiger partial charge in [0.05, 0.1) is 0 Å². The Morgan fingerprint density at radius 2 is 1.86 bits per heavy atom. The zero-order valence-corrected chi connectivity index (χ0v) is 18.6. The fourth-order valence-electron chi connectivity index (χ4n) is 3.45. The summed E-state index contributed by atoms with van der Waals surface area (Å²) in [5.74, 6) is -0.414. The largest absolute Gasteiger partial charge is 1.00 e. The summed E-state index contributed by atoms with van der Waals surface area (Å²) in [6, 6.07) is 19.3. The molecule has 1 N–H and O–H groups in total. The third-order valence-electron chi connectivity index (χ3n) is 4.73. The summed E-state index contributed by atoms with van der Waals surface area (Å²) in [5.41, 5.74) is 3.11. The maximum absolute atomic E-state index is 13.3. The molecule has 0 saturated carbocycles. The summed E-state index contributed by atoms with van der Waals surface area (Å²) in [6.07, 6.45) is 1.82. The summed E-state index contributed by atoms with van der Waals surface area (Å²) in [6.45, 7) is 2.15. The summed E-state index contributed by atoms with van der Waals surface area (Å²) >= 11 is 5.93. The second-order valence-corrected chi connectivity index (χ2v) is 7.19. The second kappa shape index (κ2) is 8.92. The number of halogens is 2. The molecule has 1 unspecified atom stereocenters. The molecule has 148 valence electrons. The van der Waals surface area contributed by atoms with Crippen LogP contribution in [0.5, 0.6) is 0 Å². The Kier molecular flexibility index (Phi) is 6.54. The van der Waals surface area contributed by atoms with Crippen LogP contribution in [0.3, 0.4) is 0 Å². The topological polar surface area (TPSA) is 53.3 Å². The number of rotatable bonds is 3. The van der Waals surface area contributed by atoms with Crippen molar-refractivity contribution in [2.75, 3.05) is 10.2 Å². The van der Waals surface area contributed by atoms with Gasteiger partial charge in [-0.3, -0.25) is 14.5 Å². The maximum atomic E-state index is 13.3. The average molecular weight is 520 g/mol. The van der Waals surface area contributed by atoms with Crippen molar-refractivity contribution in [1.82, 2.24) is 0 Å². The molecular weight excluding hydrogens is 501 g/mol. The normalized spacial score (nSPS) is 15.3. The van der Waals surface area contributed by atoms with Gasteiger partial charge in [0.2, 0.25) is 18.3 Å². The number of nitrogens with one attached hydrogen (secondary N) is 1. The minimum absolute atomic E-state index is 0. The molecule has 5 nitrogen and oxygen atoms in total. The number of amides is 2. The van der Waals surface area contributed by atoms with Gasteiger partial charge in [0.1, 0.15) is 0 Å². The van der Waals surface area contributed by atoms with Crippen LogP contribution in [0, 0.1) is 6.92 Å². The fourth-order valence-corrected chi connectivity index (χ4v) is 3.57. The fraction of sp³-hybridized carbons (Fsp3) is 0.136. The molecule has 1 aliphatic heterocycles. The first-order valence-electron chi connectivity index (χ1n) is 8.96. The Balaban J connectivity index is 0.00000240. The number of carbonyl (C=O) groups excluding carboxylic acids is 2. The number of carbonyl (C=O) groups is 2. The van der Waals surface area contributed by atoms with Crippen molar-refractivity contribution < 1.29 is 38.1 Å². The van der Waals surface area contributed by atoms with E-state index in [2.05, 4.69) is 5.32 Å². The van der Waals surface area contributed by atoms with Gasteiger partial charge in [-0.25, -0.2) is 0 Å². The molecule has 1 atom stereocenters. The Hall–Kier alpha value is -2.45. The predicted octanol–water partition coefficient (Wildman–Crippen LogP) is 0.667. The Morgan fingerprint density at radius 1 is 1.10 bits per heavy atom. The van der Waals surface area contributed by atoms with E-state index in [0.717, 1.165) is 11.3 Å². The highest BCUT2D eigenvalue weighted by atomic mass is 127. The van der Waals surface area contributed by atoms with Crippen LogP contribution in [-0.2, 0) is 16.1 Å². The molecule has 7 heteroatoms. The standard InChI is InChI=1S/C22H18ClN3O2.HI/c1-15-5-4-6-18(13-15)26-20(27)14-25-12-3-2-7-19(25)21(26)22(28)24-17-10-8-16(23)9-11-17;/h2-13,21H,14H2,1H3;1H. The van der Waals surface area contributed by atoms with Gasteiger partial charge < -0.3 is 29.3 Å². The van der Waals surface area contributed by atoms with Crippen LogP contribution in [0.25, 0.3) is 0 Å². The zero-order chi connectivity index (χ0) is 19.7. The van der Waals surface area contributed by atoms with E-state index in [1.807, 2.05) is 60.2 Å². The van der Waals surface area contributed by atoms with Crippen LogP contribution >= 0.6 is 11.6 Å². The minimum Gasteiger partial charge on any atom is -1.00 e. The first-order valence-corrected chi connectivity index (χ1v) is 9.34. The lowest BCUT2D eigenvalue weighted by molar-refractivity contribution is -0.695. The van der Waals surface area contributed by atoms with Crippen LogP contribution in [0.4, 0.5) is 11.4 Å². The molecule has 2 aromatic carbocycles. The number of pyridine rings is 1. The van der Waals surface area contributed by atoms with Crippen LogP contribution < -0.4 is 38.8 Å². The smallest absolute Gasteiger partial charge is 0.294 e. The van der Waals surface area contributed by atoms with E-state index in [-0.39, 0.29) is 42.3 Å². The first kappa shape index (κ1) is 21.3. The summed E-state index contributed by atoms with van der Waals surface area (Å²) < 4.78 is 1.82. The molecule has 0 aliphatic carbocycles. The molecule has 0 bridgehead atoms. The molecule has 0 fully saturated rings. The van der Waals surface area contributed by atoms with Gasteiger partial charge in [0.25, 0.3) is 11.8 Å². The average Bonchev–Trinajstić information content (AvgIpc) is 2.68. The molecule has 0 saturated heterocycles. The third-order valence-corrected chi connectivity index (χ3v) is 4.98. The van der Waals surface area contributed by atoms with Crippen molar-refractivity contribution in [2.24, 2.45) is 0 Å². The van der Waals surface area contributed by atoms with E-state index < -0.39 is 6.04 Å². The highest BCUT2D eigenvalue weighted by Gasteiger charge is 2.43. The van der Waals surface area contributed by atoms with Crippen molar-refractivity contribution in [3.63, 3.8) is 0 Å². The monoisotopic (exact) mass is 519 g/mol. The molecular formula is C22H19ClIN3O2. The van der Waals surface area contributed by atoms with Crippen molar-refractivity contribution >= 4 is 34.8 Å². The minimum atomic E-state index is -0.778. The number of benzene rings is 2. The van der Waals surface area contributed by atoms with Crippen LogP contribution in [0.15, 0.2) is 72.9 Å². The highest BCUT2D eigenvalue weighted by Crippen LogP contribution is 2.30. The number of aromatic nitrogens is 1. The maximum Gasteiger partial charge on any atom is 0.294 e. The van der Waals surface area contributed by atoms with Gasteiger partial charge >= 0.3 is 0 Å². The highest BCUT2D eigenvalue weighted by molar-refractivity contribution is 6.30. The van der Waals surface area contributed by atoms with E-state index in [1.165, 1.54) is 0 Å². The molecule has 0 spiro atoms. The molecule has 1 aliphatic rings. The lowest BCUT2D eigenvalue weighted by Gasteiger charge is -2.32.